The number of halogens is 1. The summed E-state index contributed by atoms with van der Waals surface area (Å²) in [6.07, 6.45) is 0. The third kappa shape index (κ3) is 7.22. The molecule has 9 heteroatoms. The molecule has 1 aromatic heterocycles. The third-order valence-electron chi connectivity index (χ3n) is 3.49. The molecule has 0 saturated heterocycles. The molecule has 0 unspecified atom stereocenters. The minimum atomic E-state index is -3.48. The molecule has 0 fully saturated rings. The van der Waals surface area contributed by atoms with Crippen LogP contribution in [0.4, 0.5) is 0 Å². The Labute approximate surface area is 176 Å². The van der Waals surface area contributed by atoms with Gasteiger partial charge in [-0.05, 0) is 38.1 Å². The molecule has 26 heavy (non-hydrogen) atoms. The highest BCUT2D eigenvalue weighted by atomic mass is 127. The molecule has 2 rings (SSSR count). The average molecular weight is 508 g/mol. The second kappa shape index (κ2) is 10.9. The fraction of sp³-hybridized carbons (Fsp3) is 0.353. The van der Waals surface area contributed by atoms with Crippen LogP contribution in [0.3, 0.4) is 0 Å². The number of rotatable bonds is 7. The first kappa shape index (κ1) is 22.9. The molecule has 0 aliphatic carbocycles. The average Bonchev–Trinajstić information content (AvgIpc) is 3.00. The fourth-order valence-electron chi connectivity index (χ4n) is 2.14. The van der Waals surface area contributed by atoms with Crippen molar-refractivity contribution in [3.63, 3.8) is 0 Å². The van der Waals surface area contributed by atoms with Gasteiger partial charge in [0.25, 0.3) is 0 Å². The van der Waals surface area contributed by atoms with E-state index in [1.54, 1.807) is 42.6 Å². The van der Waals surface area contributed by atoms with E-state index in [1.807, 2.05) is 6.92 Å². The Morgan fingerprint density at radius 1 is 1.04 bits per heavy atom. The summed E-state index contributed by atoms with van der Waals surface area (Å²) in [5, 5.41) is 6.30. The molecule has 0 radical (unpaired) electrons. The van der Waals surface area contributed by atoms with Gasteiger partial charge in [-0.15, -0.1) is 35.3 Å². The third-order valence-corrected chi connectivity index (χ3v) is 5.97. The summed E-state index contributed by atoms with van der Waals surface area (Å²) in [4.78, 5) is 6.90. The number of benzene rings is 1. The minimum Gasteiger partial charge on any atom is -0.355 e. The van der Waals surface area contributed by atoms with Crippen molar-refractivity contribution >= 4 is 51.3 Å². The minimum absolute atomic E-state index is 0. The topological polar surface area (TPSA) is 82.6 Å². The van der Waals surface area contributed by atoms with Gasteiger partial charge in [0.1, 0.15) is 0 Å². The monoisotopic (exact) mass is 508 g/mol. The highest BCUT2D eigenvalue weighted by Crippen LogP contribution is 2.14. The van der Waals surface area contributed by atoms with E-state index in [2.05, 4.69) is 39.4 Å². The van der Waals surface area contributed by atoms with E-state index in [4.69, 9.17) is 0 Å². The van der Waals surface area contributed by atoms with Gasteiger partial charge in [-0.2, -0.15) is 0 Å². The van der Waals surface area contributed by atoms with Crippen LogP contribution in [0.2, 0.25) is 0 Å². The summed E-state index contributed by atoms with van der Waals surface area (Å²) < 4.78 is 27.0. The van der Waals surface area contributed by atoms with E-state index in [1.165, 1.54) is 9.75 Å². The normalized spacial score (nSPS) is 11.7. The van der Waals surface area contributed by atoms with E-state index in [-0.39, 0.29) is 35.4 Å². The molecule has 0 aliphatic heterocycles. The Morgan fingerprint density at radius 2 is 1.73 bits per heavy atom. The SMILES string of the molecule is CN=C(NCCNS(=O)(=O)c1ccc(C)cc1)NCc1ccc(C)s1.I. The molecular weight excluding hydrogens is 483 g/mol. The fourth-order valence-corrected chi connectivity index (χ4v) is 4.00. The van der Waals surface area contributed by atoms with Crippen LogP contribution in [0.5, 0.6) is 0 Å². The number of hydrogen-bond donors (Lipinski definition) is 3. The first-order valence-electron chi connectivity index (χ1n) is 7.97. The molecule has 0 atom stereocenters. The quantitative estimate of drug-likeness (QED) is 0.233. The van der Waals surface area contributed by atoms with Gasteiger partial charge in [0, 0.05) is 29.9 Å². The molecule has 0 bridgehead atoms. The van der Waals surface area contributed by atoms with Crippen molar-refractivity contribution in [1.82, 2.24) is 15.4 Å². The molecule has 2 aromatic rings. The Bertz CT molecular complexity index is 818. The van der Waals surface area contributed by atoms with Gasteiger partial charge in [0.15, 0.2) is 5.96 Å². The second-order valence-electron chi connectivity index (χ2n) is 5.58. The van der Waals surface area contributed by atoms with E-state index in [0.29, 0.717) is 19.0 Å². The number of thiophene rings is 1. The van der Waals surface area contributed by atoms with Crippen LogP contribution in [-0.4, -0.2) is 34.5 Å². The van der Waals surface area contributed by atoms with Gasteiger partial charge in [-0.3, -0.25) is 4.99 Å². The molecule has 3 N–H and O–H groups in total. The summed E-state index contributed by atoms with van der Waals surface area (Å²) in [5.74, 6) is 0.639. The smallest absolute Gasteiger partial charge is 0.240 e. The zero-order valence-corrected chi connectivity index (χ0v) is 19.0. The number of nitrogens with zero attached hydrogens (tertiary/aromatic N) is 1. The van der Waals surface area contributed by atoms with Crippen molar-refractivity contribution in [2.24, 2.45) is 4.99 Å². The summed E-state index contributed by atoms with van der Waals surface area (Å²) in [6.45, 7) is 5.39. The Kier molecular flexibility index (Phi) is 9.55. The van der Waals surface area contributed by atoms with Crippen molar-refractivity contribution in [2.75, 3.05) is 20.1 Å². The van der Waals surface area contributed by atoms with Gasteiger partial charge in [-0.25, -0.2) is 13.1 Å². The Morgan fingerprint density at radius 3 is 2.31 bits per heavy atom. The van der Waals surface area contributed by atoms with Crippen LogP contribution in [0.15, 0.2) is 46.3 Å². The maximum absolute atomic E-state index is 12.2. The highest BCUT2D eigenvalue weighted by molar-refractivity contribution is 14.0. The number of aryl methyl sites for hydroxylation is 2. The van der Waals surface area contributed by atoms with Crippen LogP contribution in [0.1, 0.15) is 15.3 Å². The summed E-state index contributed by atoms with van der Waals surface area (Å²) in [6, 6.07) is 10.9. The number of guanidine groups is 1. The van der Waals surface area contributed by atoms with Crippen LogP contribution in [-0.2, 0) is 16.6 Å². The summed E-state index contributed by atoms with van der Waals surface area (Å²) in [5.41, 5.74) is 1.02. The maximum atomic E-state index is 12.2. The van der Waals surface area contributed by atoms with E-state index in [9.17, 15) is 8.42 Å². The first-order valence-corrected chi connectivity index (χ1v) is 10.3. The zero-order valence-electron chi connectivity index (χ0n) is 15.1. The molecule has 0 spiro atoms. The lowest BCUT2D eigenvalue weighted by atomic mass is 10.2. The molecule has 0 saturated carbocycles. The number of sulfonamides is 1. The molecule has 144 valence electrons. The molecule has 0 aliphatic rings. The van der Waals surface area contributed by atoms with Crippen LogP contribution >= 0.6 is 35.3 Å². The molecule has 1 heterocycles. The van der Waals surface area contributed by atoms with Gasteiger partial charge in [-0.1, -0.05) is 17.7 Å². The largest absolute Gasteiger partial charge is 0.355 e. The lowest BCUT2D eigenvalue weighted by Gasteiger charge is -2.12. The van der Waals surface area contributed by atoms with Crippen LogP contribution in [0.25, 0.3) is 0 Å². The maximum Gasteiger partial charge on any atom is 0.240 e. The highest BCUT2D eigenvalue weighted by Gasteiger charge is 2.12. The van der Waals surface area contributed by atoms with Crippen molar-refractivity contribution in [1.29, 1.82) is 0 Å². The van der Waals surface area contributed by atoms with Crippen molar-refractivity contribution < 1.29 is 8.42 Å². The van der Waals surface area contributed by atoms with E-state index < -0.39 is 10.0 Å². The standard InChI is InChI=1S/C17H24N4O2S2.HI/c1-13-4-8-16(9-5-13)25(22,23)21-11-10-19-17(18-3)20-12-15-7-6-14(2)24-15;/h4-9,21H,10-12H2,1-3H3,(H2,18,19,20);1H. The summed E-state index contributed by atoms with van der Waals surface area (Å²) >= 11 is 1.73. The van der Waals surface area contributed by atoms with Gasteiger partial charge in [0.05, 0.1) is 11.4 Å². The Hall–Kier alpha value is -1.17. The van der Waals surface area contributed by atoms with Gasteiger partial charge >= 0.3 is 0 Å². The Balaban J connectivity index is 0.00000338. The second-order valence-corrected chi connectivity index (χ2v) is 8.72. The van der Waals surface area contributed by atoms with Crippen molar-refractivity contribution in [3.05, 3.63) is 51.7 Å². The van der Waals surface area contributed by atoms with E-state index in [0.717, 1.165) is 5.56 Å². The molecular formula is C17H25IN4O2S2. The van der Waals surface area contributed by atoms with Crippen molar-refractivity contribution in [3.8, 4) is 0 Å². The van der Waals surface area contributed by atoms with Gasteiger partial charge in [0.2, 0.25) is 10.0 Å². The van der Waals surface area contributed by atoms with Gasteiger partial charge < -0.3 is 10.6 Å². The van der Waals surface area contributed by atoms with Crippen LogP contribution in [0, 0.1) is 13.8 Å². The van der Waals surface area contributed by atoms with Crippen molar-refractivity contribution in [2.45, 2.75) is 25.3 Å². The number of hydrogen-bond acceptors (Lipinski definition) is 4. The van der Waals surface area contributed by atoms with Crippen LogP contribution < -0.4 is 15.4 Å². The zero-order chi connectivity index (χ0) is 18.3. The predicted octanol–water partition coefficient (Wildman–Crippen LogP) is 2.63. The summed E-state index contributed by atoms with van der Waals surface area (Å²) in [7, 11) is -1.80. The molecule has 1 aromatic carbocycles. The predicted molar refractivity (Wildman–Crippen MR) is 119 cm³/mol. The lowest BCUT2D eigenvalue weighted by Crippen LogP contribution is -2.41. The number of aliphatic imine (C=N–C) groups is 1. The number of nitrogens with one attached hydrogen (secondary N) is 3. The first-order chi connectivity index (χ1) is 11.9. The molecule has 6 nitrogen and oxygen atoms in total. The lowest BCUT2D eigenvalue weighted by molar-refractivity contribution is 0.580. The van der Waals surface area contributed by atoms with E-state index >= 15 is 0 Å². The molecule has 0 amide bonds.